The molecule has 0 unspecified atom stereocenters. The first-order valence-corrected chi connectivity index (χ1v) is 6.09. The highest BCUT2D eigenvalue weighted by Crippen LogP contribution is 2.17. The second-order valence-electron chi connectivity index (χ2n) is 3.47. The summed E-state index contributed by atoms with van der Waals surface area (Å²) < 4.78 is 6.24. The Hall–Kier alpha value is -2.16. The Morgan fingerprint density at radius 2 is 2.37 bits per heavy atom. The van der Waals surface area contributed by atoms with Crippen LogP contribution in [0.3, 0.4) is 0 Å². The molecule has 0 saturated heterocycles. The van der Waals surface area contributed by atoms with Crippen molar-refractivity contribution in [2.45, 2.75) is 6.92 Å². The number of nitrogens with zero attached hydrogens (tertiary/aromatic N) is 3. The SMILES string of the molecule is CCOC(=O)c1nn(-c2nc[nH]c(=O)c2Br)cc1N. The molecule has 0 aliphatic heterocycles. The molecule has 0 bridgehead atoms. The second-order valence-corrected chi connectivity index (χ2v) is 4.26. The van der Waals surface area contributed by atoms with E-state index in [0.717, 1.165) is 0 Å². The molecule has 2 aromatic heterocycles. The van der Waals surface area contributed by atoms with Crippen LogP contribution in [0.1, 0.15) is 17.4 Å². The van der Waals surface area contributed by atoms with Gasteiger partial charge in [0.15, 0.2) is 11.5 Å². The van der Waals surface area contributed by atoms with Crippen LogP contribution >= 0.6 is 15.9 Å². The predicted molar refractivity (Wildman–Crippen MR) is 70.0 cm³/mol. The van der Waals surface area contributed by atoms with Crippen LogP contribution in [0.15, 0.2) is 21.8 Å². The molecule has 0 fully saturated rings. The van der Waals surface area contributed by atoms with Gasteiger partial charge in [-0.15, -0.1) is 0 Å². The first-order chi connectivity index (χ1) is 9.04. The number of rotatable bonds is 3. The lowest BCUT2D eigenvalue weighted by atomic mass is 10.4. The number of esters is 1. The molecule has 3 N–H and O–H groups in total. The quantitative estimate of drug-likeness (QED) is 0.792. The third-order valence-corrected chi connectivity index (χ3v) is 2.92. The summed E-state index contributed by atoms with van der Waals surface area (Å²) in [5, 5.41) is 3.97. The van der Waals surface area contributed by atoms with Crippen molar-refractivity contribution in [1.82, 2.24) is 19.7 Å². The highest BCUT2D eigenvalue weighted by Gasteiger charge is 2.18. The Balaban J connectivity index is 2.48. The number of nitrogens with two attached hydrogens (primary N) is 1. The fraction of sp³-hybridized carbons (Fsp3) is 0.200. The van der Waals surface area contributed by atoms with E-state index in [4.69, 9.17) is 10.5 Å². The molecule has 0 spiro atoms. The van der Waals surface area contributed by atoms with E-state index in [0.29, 0.717) is 0 Å². The van der Waals surface area contributed by atoms with E-state index in [1.54, 1.807) is 6.92 Å². The predicted octanol–water partition coefficient (Wildman–Crippen LogP) is 0.477. The summed E-state index contributed by atoms with van der Waals surface area (Å²) >= 11 is 3.09. The number of H-pyrrole nitrogens is 1. The van der Waals surface area contributed by atoms with E-state index in [2.05, 4.69) is 31.0 Å². The number of halogens is 1. The molecule has 100 valence electrons. The lowest BCUT2D eigenvalue weighted by molar-refractivity contribution is 0.0520. The maximum Gasteiger partial charge on any atom is 0.361 e. The lowest BCUT2D eigenvalue weighted by Crippen LogP contribution is -2.13. The molecule has 8 nitrogen and oxygen atoms in total. The number of aromatic amines is 1. The van der Waals surface area contributed by atoms with Crippen LogP contribution in [0.5, 0.6) is 0 Å². The van der Waals surface area contributed by atoms with E-state index < -0.39 is 5.97 Å². The van der Waals surface area contributed by atoms with E-state index >= 15 is 0 Å². The van der Waals surface area contributed by atoms with Gasteiger partial charge in [0, 0.05) is 0 Å². The van der Waals surface area contributed by atoms with Gasteiger partial charge >= 0.3 is 5.97 Å². The molecule has 0 aliphatic rings. The summed E-state index contributed by atoms with van der Waals surface area (Å²) in [6.45, 7) is 1.90. The van der Waals surface area contributed by atoms with Gasteiger partial charge in [-0.3, -0.25) is 4.79 Å². The average Bonchev–Trinajstić information content (AvgIpc) is 2.75. The van der Waals surface area contributed by atoms with Crippen LogP contribution in [0.4, 0.5) is 5.69 Å². The van der Waals surface area contributed by atoms with Crippen molar-refractivity contribution >= 4 is 27.6 Å². The van der Waals surface area contributed by atoms with E-state index in [-0.39, 0.29) is 33.8 Å². The largest absolute Gasteiger partial charge is 0.461 e. The van der Waals surface area contributed by atoms with E-state index in [9.17, 15) is 9.59 Å². The normalized spacial score (nSPS) is 10.4. The third-order valence-electron chi connectivity index (χ3n) is 2.21. The Morgan fingerprint density at radius 1 is 1.63 bits per heavy atom. The molecular weight excluding hydrogens is 318 g/mol. The van der Waals surface area contributed by atoms with E-state index in [1.807, 2.05) is 0 Å². The van der Waals surface area contributed by atoms with Crippen LogP contribution in [0.2, 0.25) is 0 Å². The molecule has 19 heavy (non-hydrogen) atoms. The topological polar surface area (TPSA) is 116 Å². The molecule has 9 heteroatoms. The third kappa shape index (κ3) is 2.50. The highest BCUT2D eigenvalue weighted by atomic mass is 79.9. The number of hydrogen-bond acceptors (Lipinski definition) is 6. The van der Waals surface area contributed by atoms with Gasteiger partial charge in [-0.2, -0.15) is 5.10 Å². The zero-order chi connectivity index (χ0) is 14.0. The fourth-order valence-electron chi connectivity index (χ4n) is 1.39. The Labute approximate surface area is 115 Å². The Morgan fingerprint density at radius 3 is 3.05 bits per heavy atom. The molecule has 0 saturated carbocycles. The van der Waals surface area contributed by atoms with Crippen molar-refractivity contribution in [3.63, 3.8) is 0 Å². The lowest BCUT2D eigenvalue weighted by Gasteiger charge is -2.01. The van der Waals surface area contributed by atoms with Crippen molar-refractivity contribution < 1.29 is 9.53 Å². The number of anilines is 1. The molecule has 0 aromatic carbocycles. The summed E-state index contributed by atoms with van der Waals surface area (Å²) in [5.41, 5.74) is 5.45. The number of hydrogen-bond donors (Lipinski definition) is 2. The van der Waals surface area contributed by atoms with Crippen LogP contribution in [0.25, 0.3) is 5.82 Å². The minimum absolute atomic E-state index is 0.0177. The molecule has 2 heterocycles. The van der Waals surface area contributed by atoms with Crippen LogP contribution in [0, 0.1) is 0 Å². The van der Waals surface area contributed by atoms with Gasteiger partial charge in [-0.05, 0) is 22.9 Å². The molecular formula is C10H10BrN5O3. The van der Waals surface area contributed by atoms with Crippen molar-refractivity contribution in [2.75, 3.05) is 12.3 Å². The minimum Gasteiger partial charge on any atom is -0.461 e. The summed E-state index contributed by atoms with van der Waals surface area (Å²) in [6, 6.07) is 0. The second kappa shape index (κ2) is 5.22. The number of aromatic nitrogens is 4. The highest BCUT2D eigenvalue weighted by molar-refractivity contribution is 9.10. The van der Waals surface area contributed by atoms with Crippen LogP contribution in [-0.4, -0.2) is 32.3 Å². The minimum atomic E-state index is -0.625. The smallest absolute Gasteiger partial charge is 0.361 e. The summed E-state index contributed by atoms with van der Waals surface area (Å²) in [5.74, 6) is -0.397. The Bertz CT molecular complexity index is 678. The van der Waals surface area contributed by atoms with Crippen LogP contribution in [-0.2, 0) is 4.74 Å². The summed E-state index contributed by atoms with van der Waals surface area (Å²) in [4.78, 5) is 29.4. The number of ether oxygens (including phenoxy) is 1. The van der Waals surface area contributed by atoms with Gasteiger partial charge in [0.25, 0.3) is 5.56 Å². The monoisotopic (exact) mass is 327 g/mol. The molecule has 0 amide bonds. The van der Waals surface area contributed by atoms with Gasteiger partial charge in [-0.25, -0.2) is 14.5 Å². The maximum absolute atomic E-state index is 11.6. The molecule has 0 radical (unpaired) electrons. The first kappa shape index (κ1) is 13.3. The Kier molecular flexibility index (Phi) is 3.65. The summed E-state index contributed by atoms with van der Waals surface area (Å²) in [7, 11) is 0. The molecule has 0 atom stereocenters. The number of carbonyl (C=O) groups excluding carboxylic acids is 1. The van der Waals surface area contributed by atoms with Gasteiger partial charge in [0.1, 0.15) is 4.47 Å². The zero-order valence-corrected chi connectivity index (χ0v) is 11.5. The molecule has 2 aromatic rings. The average molecular weight is 328 g/mol. The van der Waals surface area contributed by atoms with Crippen LogP contribution < -0.4 is 11.3 Å². The van der Waals surface area contributed by atoms with Crippen molar-refractivity contribution in [1.29, 1.82) is 0 Å². The number of nitrogen functional groups attached to an aromatic ring is 1. The standard InChI is InChI=1S/C10H10BrN5O3/c1-2-19-10(18)7-5(12)3-16(15-7)8-6(11)9(17)14-4-13-8/h3-4H,2,12H2,1H3,(H,13,14,17). The van der Waals surface area contributed by atoms with Gasteiger partial charge < -0.3 is 15.5 Å². The van der Waals surface area contributed by atoms with Crippen molar-refractivity contribution in [3.8, 4) is 5.82 Å². The fourth-order valence-corrected chi connectivity index (χ4v) is 1.79. The number of carbonyl (C=O) groups is 1. The van der Waals surface area contributed by atoms with E-state index in [1.165, 1.54) is 17.2 Å². The molecule has 0 aliphatic carbocycles. The van der Waals surface area contributed by atoms with Gasteiger partial charge in [0.2, 0.25) is 0 Å². The van der Waals surface area contributed by atoms with Gasteiger partial charge in [-0.1, -0.05) is 0 Å². The molecule has 2 rings (SSSR count). The van der Waals surface area contributed by atoms with Crippen molar-refractivity contribution in [3.05, 3.63) is 33.0 Å². The maximum atomic E-state index is 11.6. The van der Waals surface area contributed by atoms with Gasteiger partial charge in [0.05, 0.1) is 24.8 Å². The zero-order valence-electron chi connectivity index (χ0n) is 9.88. The summed E-state index contributed by atoms with van der Waals surface area (Å²) in [6.07, 6.45) is 2.61. The number of nitrogens with one attached hydrogen (secondary N) is 1. The van der Waals surface area contributed by atoms with Crippen molar-refractivity contribution in [2.24, 2.45) is 0 Å². The first-order valence-electron chi connectivity index (χ1n) is 5.30.